The van der Waals surface area contributed by atoms with Gasteiger partial charge < -0.3 is 5.11 Å². The van der Waals surface area contributed by atoms with Crippen molar-refractivity contribution in [3.05, 3.63) is 12.7 Å². The fourth-order valence-corrected chi connectivity index (χ4v) is 1.82. The maximum absolute atomic E-state index is 11.1. The third-order valence-electron chi connectivity index (χ3n) is 3.33. The van der Waals surface area contributed by atoms with Gasteiger partial charge in [-0.2, -0.15) is 0 Å². The van der Waals surface area contributed by atoms with Crippen molar-refractivity contribution in [3.63, 3.8) is 0 Å². The molecule has 0 aromatic carbocycles. The van der Waals surface area contributed by atoms with Gasteiger partial charge in [0.25, 0.3) is 0 Å². The number of unbranched alkanes of at least 4 members (excludes halogenated alkanes) is 7. The molecule has 0 saturated carbocycles. The summed E-state index contributed by atoms with van der Waals surface area (Å²) in [6, 6.07) is 0. The van der Waals surface area contributed by atoms with Gasteiger partial charge in [0.1, 0.15) is 5.60 Å². The Bertz CT molecular complexity index is 219. The second-order valence-electron chi connectivity index (χ2n) is 5.13. The molecular weight excluding hydrogens is 212 g/mol. The third kappa shape index (κ3) is 9.11. The summed E-state index contributed by atoms with van der Waals surface area (Å²) >= 11 is 0. The van der Waals surface area contributed by atoms with Crippen molar-refractivity contribution in [1.82, 2.24) is 0 Å². The molecule has 17 heavy (non-hydrogen) atoms. The molecule has 0 saturated heterocycles. The molecule has 0 heterocycles. The van der Waals surface area contributed by atoms with E-state index in [9.17, 15) is 9.90 Å². The molecule has 0 bridgehead atoms. The van der Waals surface area contributed by atoms with Crippen LogP contribution in [0.5, 0.6) is 0 Å². The van der Waals surface area contributed by atoms with E-state index in [1.54, 1.807) is 6.92 Å². The van der Waals surface area contributed by atoms with Crippen LogP contribution in [0.25, 0.3) is 0 Å². The van der Waals surface area contributed by atoms with Crippen LogP contribution in [0.3, 0.4) is 0 Å². The molecule has 2 heteroatoms. The van der Waals surface area contributed by atoms with Crippen LogP contribution in [0, 0.1) is 0 Å². The van der Waals surface area contributed by atoms with Crippen LogP contribution in [-0.4, -0.2) is 16.5 Å². The van der Waals surface area contributed by atoms with Crippen molar-refractivity contribution in [2.75, 3.05) is 0 Å². The van der Waals surface area contributed by atoms with Gasteiger partial charge in [-0.25, -0.2) is 0 Å². The van der Waals surface area contributed by atoms with Crippen LogP contribution in [-0.2, 0) is 4.79 Å². The summed E-state index contributed by atoms with van der Waals surface area (Å²) in [6.45, 7) is 6.78. The predicted molar refractivity (Wildman–Crippen MR) is 73.1 cm³/mol. The highest BCUT2D eigenvalue weighted by atomic mass is 16.3. The Kier molecular flexibility index (Phi) is 9.06. The van der Waals surface area contributed by atoms with Gasteiger partial charge in [0.15, 0.2) is 5.78 Å². The topological polar surface area (TPSA) is 37.3 Å². The van der Waals surface area contributed by atoms with E-state index in [2.05, 4.69) is 6.58 Å². The average Bonchev–Trinajstić information content (AvgIpc) is 2.26. The molecule has 1 atom stereocenters. The zero-order valence-electron chi connectivity index (χ0n) is 11.5. The van der Waals surface area contributed by atoms with Crippen LogP contribution in [0.1, 0.15) is 71.6 Å². The highest BCUT2D eigenvalue weighted by molar-refractivity contribution is 5.84. The summed E-state index contributed by atoms with van der Waals surface area (Å²) in [5.74, 6) is -0.123. The summed E-state index contributed by atoms with van der Waals surface area (Å²) in [5, 5.41) is 9.73. The van der Waals surface area contributed by atoms with Crippen molar-refractivity contribution in [2.24, 2.45) is 0 Å². The standard InChI is InChI=1S/C15H28O2/c1-4-5-6-7-8-9-10-11-12-13-15(3,17)14(2)16/h4,17H,1,5-13H2,2-3H3. The van der Waals surface area contributed by atoms with Crippen molar-refractivity contribution in [3.8, 4) is 0 Å². The molecule has 0 rings (SSSR count). The van der Waals surface area contributed by atoms with E-state index in [-0.39, 0.29) is 5.78 Å². The second kappa shape index (κ2) is 9.41. The maximum atomic E-state index is 11.1. The lowest BCUT2D eigenvalue weighted by Gasteiger charge is -2.19. The summed E-state index contributed by atoms with van der Waals surface area (Å²) in [6.07, 6.45) is 12.1. The average molecular weight is 240 g/mol. The Morgan fingerprint density at radius 1 is 1.12 bits per heavy atom. The normalized spacial score (nSPS) is 14.3. The van der Waals surface area contributed by atoms with Gasteiger partial charge in [0.2, 0.25) is 0 Å². The van der Waals surface area contributed by atoms with Crippen LogP contribution in [0.4, 0.5) is 0 Å². The van der Waals surface area contributed by atoms with E-state index in [0.29, 0.717) is 6.42 Å². The number of rotatable bonds is 11. The van der Waals surface area contributed by atoms with Crippen molar-refractivity contribution < 1.29 is 9.90 Å². The van der Waals surface area contributed by atoms with Crippen LogP contribution in [0.2, 0.25) is 0 Å². The monoisotopic (exact) mass is 240 g/mol. The van der Waals surface area contributed by atoms with Gasteiger partial charge in [0.05, 0.1) is 0 Å². The molecule has 0 amide bonds. The number of carbonyl (C=O) groups is 1. The minimum absolute atomic E-state index is 0.123. The number of hydrogen-bond acceptors (Lipinski definition) is 2. The van der Waals surface area contributed by atoms with Gasteiger partial charge in [-0.3, -0.25) is 4.79 Å². The SMILES string of the molecule is C=CCCCCCCCCCC(C)(O)C(C)=O. The number of carbonyl (C=O) groups excluding carboxylic acids is 1. The highest BCUT2D eigenvalue weighted by Crippen LogP contribution is 2.17. The number of Topliss-reactive ketones (excluding diaryl/α,β-unsaturated/α-hetero) is 1. The van der Waals surface area contributed by atoms with Gasteiger partial charge >= 0.3 is 0 Å². The molecule has 0 aliphatic carbocycles. The van der Waals surface area contributed by atoms with Gasteiger partial charge in [-0.1, -0.05) is 44.6 Å². The lowest BCUT2D eigenvalue weighted by atomic mass is 9.94. The Morgan fingerprint density at radius 3 is 2.06 bits per heavy atom. The van der Waals surface area contributed by atoms with E-state index < -0.39 is 5.60 Å². The summed E-state index contributed by atoms with van der Waals surface area (Å²) in [4.78, 5) is 11.1. The lowest BCUT2D eigenvalue weighted by molar-refractivity contribution is -0.134. The van der Waals surface area contributed by atoms with Gasteiger partial charge in [0, 0.05) is 0 Å². The molecule has 0 aliphatic heterocycles. The Hall–Kier alpha value is -0.630. The zero-order valence-corrected chi connectivity index (χ0v) is 11.5. The number of ketones is 1. The summed E-state index contributed by atoms with van der Waals surface area (Å²) in [5.41, 5.74) is -1.11. The molecule has 0 radical (unpaired) electrons. The highest BCUT2D eigenvalue weighted by Gasteiger charge is 2.24. The van der Waals surface area contributed by atoms with Crippen molar-refractivity contribution in [1.29, 1.82) is 0 Å². The Labute approximate surface area is 106 Å². The molecule has 0 aliphatic rings. The van der Waals surface area contributed by atoms with Crippen LogP contribution >= 0.6 is 0 Å². The molecular formula is C15H28O2. The molecule has 1 unspecified atom stereocenters. The van der Waals surface area contributed by atoms with Crippen LogP contribution < -0.4 is 0 Å². The quantitative estimate of drug-likeness (QED) is 0.437. The minimum atomic E-state index is -1.11. The predicted octanol–water partition coefficient (Wildman–Crippen LogP) is 4.02. The maximum Gasteiger partial charge on any atom is 0.160 e. The Morgan fingerprint density at radius 2 is 1.59 bits per heavy atom. The number of aliphatic hydroxyl groups is 1. The van der Waals surface area contributed by atoms with Crippen molar-refractivity contribution in [2.45, 2.75) is 77.2 Å². The van der Waals surface area contributed by atoms with Gasteiger partial charge in [-0.05, 0) is 33.1 Å². The Balaban J connectivity index is 3.29. The largest absolute Gasteiger partial charge is 0.382 e. The summed E-state index contributed by atoms with van der Waals surface area (Å²) in [7, 11) is 0. The molecule has 0 spiro atoms. The van der Waals surface area contributed by atoms with Crippen molar-refractivity contribution >= 4 is 5.78 Å². The molecule has 1 N–H and O–H groups in total. The fourth-order valence-electron chi connectivity index (χ4n) is 1.82. The first-order valence-corrected chi connectivity index (χ1v) is 6.85. The molecule has 0 fully saturated rings. The van der Waals surface area contributed by atoms with Crippen LogP contribution in [0.15, 0.2) is 12.7 Å². The summed E-state index contributed by atoms with van der Waals surface area (Å²) < 4.78 is 0. The minimum Gasteiger partial charge on any atom is -0.382 e. The first-order chi connectivity index (χ1) is 8.00. The second-order valence-corrected chi connectivity index (χ2v) is 5.13. The van der Waals surface area contributed by atoms with E-state index in [1.807, 2.05) is 6.08 Å². The third-order valence-corrected chi connectivity index (χ3v) is 3.33. The molecule has 0 aromatic rings. The van der Waals surface area contributed by atoms with E-state index in [0.717, 1.165) is 19.3 Å². The van der Waals surface area contributed by atoms with E-state index in [1.165, 1.54) is 39.0 Å². The molecule has 2 nitrogen and oxygen atoms in total. The number of allylic oxidation sites excluding steroid dienone is 1. The zero-order chi connectivity index (χ0) is 13.1. The number of hydrogen-bond donors (Lipinski definition) is 1. The first kappa shape index (κ1) is 16.4. The molecule has 0 aromatic heterocycles. The van der Waals surface area contributed by atoms with E-state index in [4.69, 9.17) is 0 Å². The van der Waals surface area contributed by atoms with E-state index >= 15 is 0 Å². The first-order valence-electron chi connectivity index (χ1n) is 6.85. The fraction of sp³-hybridized carbons (Fsp3) is 0.800. The smallest absolute Gasteiger partial charge is 0.160 e. The molecule has 100 valence electrons. The lowest BCUT2D eigenvalue weighted by Crippen LogP contribution is -2.32. The van der Waals surface area contributed by atoms with Gasteiger partial charge in [-0.15, -0.1) is 6.58 Å².